The number of nitrogens with one attached hydrogen (secondary N) is 1. The lowest BCUT2D eigenvalue weighted by atomic mass is 10.1. The van der Waals surface area contributed by atoms with Crippen molar-refractivity contribution in [3.63, 3.8) is 0 Å². The Morgan fingerprint density at radius 1 is 1.50 bits per heavy atom. The van der Waals surface area contributed by atoms with E-state index >= 15 is 0 Å². The Labute approximate surface area is 128 Å². The highest BCUT2D eigenvalue weighted by Crippen LogP contribution is 2.39. The first kappa shape index (κ1) is 14.7. The fourth-order valence-electron chi connectivity index (χ4n) is 2.14. The molecule has 1 unspecified atom stereocenters. The van der Waals surface area contributed by atoms with Crippen molar-refractivity contribution in [3.8, 4) is 11.4 Å². The highest BCUT2D eigenvalue weighted by atomic mass is 16.5. The number of carbonyl (C=O) groups excluding carboxylic acids is 1. The van der Waals surface area contributed by atoms with Crippen LogP contribution < -0.4 is 5.32 Å². The Hall–Kier alpha value is -2.21. The molecule has 6 heteroatoms. The van der Waals surface area contributed by atoms with Crippen molar-refractivity contribution in [1.29, 1.82) is 0 Å². The van der Waals surface area contributed by atoms with Crippen LogP contribution in [0, 0.1) is 0 Å². The van der Waals surface area contributed by atoms with Crippen LogP contribution in [0.1, 0.15) is 48.4 Å². The molecule has 0 aliphatic heterocycles. The maximum absolute atomic E-state index is 12.1. The van der Waals surface area contributed by atoms with Crippen molar-refractivity contribution in [2.45, 2.75) is 38.2 Å². The zero-order valence-electron chi connectivity index (χ0n) is 12.5. The van der Waals surface area contributed by atoms with E-state index in [0.717, 1.165) is 18.4 Å². The van der Waals surface area contributed by atoms with E-state index in [2.05, 4.69) is 15.5 Å². The van der Waals surface area contributed by atoms with Crippen LogP contribution in [0.2, 0.25) is 0 Å². The zero-order valence-corrected chi connectivity index (χ0v) is 12.5. The van der Waals surface area contributed by atoms with Gasteiger partial charge in [0, 0.05) is 23.6 Å². The van der Waals surface area contributed by atoms with E-state index in [1.807, 2.05) is 6.07 Å². The van der Waals surface area contributed by atoms with Crippen molar-refractivity contribution in [1.82, 2.24) is 15.5 Å². The first-order valence-corrected chi connectivity index (χ1v) is 7.54. The summed E-state index contributed by atoms with van der Waals surface area (Å²) in [6.07, 6.45) is 2.31. The summed E-state index contributed by atoms with van der Waals surface area (Å²) in [6, 6.07) is 7.14. The first-order chi connectivity index (χ1) is 10.6. The molecule has 1 heterocycles. The lowest BCUT2D eigenvalue weighted by molar-refractivity contribution is 0.0945. The zero-order chi connectivity index (χ0) is 15.5. The second-order valence-electron chi connectivity index (χ2n) is 5.70. The van der Waals surface area contributed by atoms with Crippen molar-refractivity contribution in [2.75, 3.05) is 6.54 Å². The van der Waals surface area contributed by atoms with Gasteiger partial charge in [-0.05, 0) is 38.3 Å². The first-order valence-electron chi connectivity index (χ1n) is 7.54. The quantitative estimate of drug-likeness (QED) is 0.853. The van der Waals surface area contributed by atoms with E-state index in [1.165, 1.54) is 0 Å². The number of aliphatic hydroxyl groups excluding tert-OH is 1. The third-order valence-corrected chi connectivity index (χ3v) is 3.60. The number of benzene rings is 1. The maximum Gasteiger partial charge on any atom is 0.251 e. The molecule has 1 atom stereocenters. The lowest BCUT2D eigenvalue weighted by Gasteiger charge is -2.07. The highest BCUT2D eigenvalue weighted by Gasteiger charge is 2.29. The average Bonchev–Trinajstić information content (AvgIpc) is 3.24. The molecule has 1 saturated carbocycles. The van der Waals surface area contributed by atoms with Crippen LogP contribution in [0.3, 0.4) is 0 Å². The van der Waals surface area contributed by atoms with Gasteiger partial charge in [-0.1, -0.05) is 17.3 Å². The smallest absolute Gasteiger partial charge is 0.251 e. The van der Waals surface area contributed by atoms with E-state index in [0.29, 0.717) is 36.2 Å². The van der Waals surface area contributed by atoms with Crippen LogP contribution in [0.4, 0.5) is 0 Å². The minimum atomic E-state index is -0.424. The van der Waals surface area contributed by atoms with Gasteiger partial charge in [0.2, 0.25) is 11.7 Å². The summed E-state index contributed by atoms with van der Waals surface area (Å²) in [5.41, 5.74) is 1.31. The van der Waals surface area contributed by atoms with E-state index in [9.17, 15) is 9.90 Å². The van der Waals surface area contributed by atoms with Crippen LogP contribution in [0.5, 0.6) is 0 Å². The van der Waals surface area contributed by atoms with Crippen LogP contribution in [0.25, 0.3) is 11.4 Å². The molecule has 0 saturated heterocycles. The largest absolute Gasteiger partial charge is 0.393 e. The van der Waals surface area contributed by atoms with Crippen molar-refractivity contribution in [2.24, 2.45) is 0 Å². The third-order valence-electron chi connectivity index (χ3n) is 3.60. The Morgan fingerprint density at radius 2 is 2.32 bits per heavy atom. The monoisotopic (exact) mass is 301 g/mol. The topological polar surface area (TPSA) is 88.2 Å². The van der Waals surface area contributed by atoms with Crippen LogP contribution in [-0.2, 0) is 0 Å². The summed E-state index contributed by atoms with van der Waals surface area (Å²) in [5.74, 6) is 1.43. The van der Waals surface area contributed by atoms with E-state index in [-0.39, 0.29) is 5.91 Å². The van der Waals surface area contributed by atoms with Crippen LogP contribution >= 0.6 is 0 Å². The van der Waals surface area contributed by atoms with Gasteiger partial charge in [0.25, 0.3) is 5.91 Å². The summed E-state index contributed by atoms with van der Waals surface area (Å²) in [5, 5.41) is 16.0. The average molecular weight is 301 g/mol. The van der Waals surface area contributed by atoms with Gasteiger partial charge in [-0.15, -0.1) is 0 Å². The SMILES string of the molecule is CC(O)CCNC(=O)c1cccc(-c2noc(C3CC3)n2)c1. The predicted molar refractivity (Wildman–Crippen MR) is 80.3 cm³/mol. The van der Waals surface area contributed by atoms with Gasteiger partial charge in [0.05, 0.1) is 6.10 Å². The van der Waals surface area contributed by atoms with E-state index < -0.39 is 6.10 Å². The number of aliphatic hydroxyl groups is 1. The number of hydrogen-bond donors (Lipinski definition) is 2. The van der Waals surface area contributed by atoms with E-state index in [1.54, 1.807) is 25.1 Å². The molecule has 0 bridgehead atoms. The van der Waals surface area contributed by atoms with Crippen molar-refractivity contribution >= 4 is 5.91 Å². The Kier molecular flexibility index (Phi) is 4.20. The minimum Gasteiger partial charge on any atom is -0.393 e. The fraction of sp³-hybridized carbons (Fsp3) is 0.438. The Balaban J connectivity index is 1.69. The third kappa shape index (κ3) is 3.51. The van der Waals surface area contributed by atoms with Gasteiger partial charge >= 0.3 is 0 Å². The Morgan fingerprint density at radius 3 is 3.05 bits per heavy atom. The van der Waals surface area contributed by atoms with E-state index in [4.69, 9.17) is 4.52 Å². The van der Waals surface area contributed by atoms with Gasteiger partial charge < -0.3 is 14.9 Å². The summed E-state index contributed by atoms with van der Waals surface area (Å²) in [6.45, 7) is 2.13. The number of nitrogens with zero attached hydrogens (tertiary/aromatic N) is 2. The molecule has 1 aromatic heterocycles. The van der Waals surface area contributed by atoms with Gasteiger partial charge in [-0.2, -0.15) is 4.98 Å². The molecule has 1 aliphatic carbocycles. The molecule has 2 N–H and O–H groups in total. The minimum absolute atomic E-state index is 0.173. The Bertz CT molecular complexity index is 662. The molecule has 2 aromatic rings. The summed E-state index contributed by atoms with van der Waals surface area (Å²) in [7, 11) is 0. The molecule has 116 valence electrons. The molecular weight excluding hydrogens is 282 g/mol. The molecule has 22 heavy (non-hydrogen) atoms. The van der Waals surface area contributed by atoms with Crippen LogP contribution in [-0.4, -0.2) is 33.8 Å². The standard InChI is InChI=1S/C16H19N3O3/c1-10(20)7-8-17-15(21)13-4-2-3-12(9-13)14-18-16(22-19-14)11-5-6-11/h2-4,9-11,20H,5-8H2,1H3,(H,17,21). The molecule has 1 fully saturated rings. The molecular formula is C16H19N3O3. The highest BCUT2D eigenvalue weighted by molar-refractivity contribution is 5.95. The number of amides is 1. The number of aromatic nitrogens is 2. The van der Waals surface area contributed by atoms with Crippen molar-refractivity contribution < 1.29 is 14.4 Å². The van der Waals surface area contributed by atoms with Crippen molar-refractivity contribution in [3.05, 3.63) is 35.7 Å². The summed E-state index contributed by atoms with van der Waals surface area (Å²) in [4.78, 5) is 16.5. The molecule has 0 radical (unpaired) electrons. The summed E-state index contributed by atoms with van der Waals surface area (Å²) < 4.78 is 5.25. The lowest BCUT2D eigenvalue weighted by Crippen LogP contribution is -2.26. The molecule has 3 rings (SSSR count). The van der Waals surface area contributed by atoms with Gasteiger partial charge in [0.1, 0.15) is 0 Å². The molecule has 6 nitrogen and oxygen atoms in total. The number of hydrogen-bond acceptors (Lipinski definition) is 5. The number of rotatable bonds is 6. The van der Waals surface area contributed by atoms with Gasteiger partial charge in [-0.25, -0.2) is 0 Å². The normalized spacial score (nSPS) is 15.5. The van der Waals surface area contributed by atoms with Gasteiger partial charge in [0.15, 0.2) is 0 Å². The second kappa shape index (κ2) is 6.27. The molecule has 1 amide bonds. The molecule has 1 aromatic carbocycles. The summed E-state index contributed by atoms with van der Waals surface area (Å²) >= 11 is 0. The maximum atomic E-state index is 12.1. The molecule has 0 spiro atoms. The fourth-order valence-corrected chi connectivity index (χ4v) is 2.14. The number of carbonyl (C=O) groups is 1. The molecule has 1 aliphatic rings. The van der Waals surface area contributed by atoms with Crippen LogP contribution in [0.15, 0.2) is 28.8 Å². The second-order valence-corrected chi connectivity index (χ2v) is 5.70. The van der Waals surface area contributed by atoms with Gasteiger partial charge in [-0.3, -0.25) is 4.79 Å². The predicted octanol–water partition coefficient (Wildman–Crippen LogP) is 2.11.